The lowest BCUT2D eigenvalue weighted by Gasteiger charge is -2.25. The summed E-state index contributed by atoms with van der Waals surface area (Å²) in [4.78, 5) is 29.0. The second-order valence-electron chi connectivity index (χ2n) is 5.69. The molecule has 2 aromatic heterocycles. The molecule has 1 aliphatic rings. The molecule has 0 radical (unpaired) electrons. The zero-order valence-electron chi connectivity index (χ0n) is 14.1. The number of fused-ring (bicyclic) bond motifs is 1. The van der Waals surface area contributed by atoms with Crippen molar-refractivity contribution in [2.45, 2.75) is 25.8 Å². The van der Waals surface area contributed by atoms with Crippen LogP contribution in [0.2, 0.25) is 0 Å². The maximum absolute atomic E-state index is 11.8. The lowest BCUT2D eigenvalue weighted by molar-refractivity contribution is -0.147. The number of imide groups is 1. The molecule has 0 aliphatic carbocycles. The molecular weight excluding hydrogens is 322 g/mol. The average Bonchev–Trinajstić information content (AvgIpc) is 3.03. The Balaban J connectivity index is 1.50. The van der Waals surface area contributed by atoms with E-state index < -0.39 is 0 Å². The zero-order valence-corrected chi connectivity index (χ0v) is 14.1. The molecule has 1 saturated heterocycles. The van der Waals surface area contributed by atoms with Gasteiger partial charge in [0.1, 0.15) is 0 Å². The van der Waals surface area contributed by atoms with Gasteiger partial charge in [0.05, 0.1) is 6.54 Å². The number of carbonyl (C=O) groups excluding carboxylic acids is 2. The molecule has 9 nitrogen and oxygen atoms in total. The van der Waals surface area contributed by atoms with E-state index in [1.165, 1.54) is 4.90 Å². The second-order valence-corrected chi connectivity index (χ2v) is 5.69. The van der Waals surface area contributed by atoms with Crippen molar-refractivity contribution >= 4 is 23.4 Å². The van der Waals surface area contributed by atoms with E-state index in [-0.39, 0.29) is 11.8 Å². The standard InChI is InChI=1S/C16H21N7O2/c1-17-16(18-8-10-23-14(24)6-4-7-15(23)25)19-11-13-21-20-12-5-2-3-9-22(12)13/h2-3,5,9H,4,6-8,10-11H2,1H3,(H2,17,18,19). The summed E-state index contributed by atoms with van der Waals surface area (Å²) in [6, 6.07) is 5.71. The highest BCUT2D eigenvalue weighted by Crippen LogP contribution is 2.11. The maximum Gasteiger partial charge on any atom is 0.229 e. The number of amides is 2. The molecule has 25 heavy (non-hydrogen) atoms. The molecule has 0 saturated carbocycles. The quantitative estimate of drug-likeness (QED) is 0.448. The Labute approximate surface area is 145 Å². The van der Waals surface area contributed by atoms with Gasteiger partial charge in [0.25, 0.3) is 0 Å². The molecule has 9 heteroatoms. The Bertz CT molecular complexity index is 783. The molecule has 0 bridgehead atoms. The molecule has 0 atom stereocenters. The van der Waals surface area contributed by atoms with Crippen LogP contribution < -0.4 is 10.6 Å². The van der Waals surface area contributed by atoms with Crippen molar-refractivity contribution < 1.29 is 9.59 Å². The summed E-state index contributed by atoms with van der Waals surface area (Å²) in [6.07, 6.45) is 3.44. The van der Waals surface area contributed by atoms with E-state index in [0.29, 0.717) is 44.9 Å². The van der Waals surface area contributed by atoms with Crippen LogP contribution in [0.1, 0.15) is 25.1 Å². The minimum Gasteiger partial charge on any atom is -0.355 e. The molecule has 2 aromatic rings. The summed E-state index contributed by atoms with van der Waals surface area (Å²) in [7, 11) is 1.66. The fourth-order valence-corrected chi connectivity index (χ4v) is 2.73. The van der Waals surface area contributed by atoms with Crippen LogP contribution in [0.25, 0.3) is 5.65 Å². The van der Waals surface area contributed by atoms with E-state index in [1.54, 1.807) is 7.05 Å². The SMILES string of the molecule is CN=C(NCCN1C(=O)CCCC1=O)NCc1nnc2ccccn12. The highest BCUT2D eigenvalue weighted by molar-refractivity contribution is 5.97. The summed E-state index contributed by atoms with van der Waals surface area (Å²) >= 11 is 0. The van der Waals surface area contributed by atoms with Crippen LogP contribution in [-0.4, -0.2) is 57.4 Å². The first-order valence-corrected chi connectivity index (χ1v) is 8.25. The lowest BCUT2D eigenvalue weighted by Crippen LogP contribution is -2.46. The number of aliphatic imine (C=N–C) groups is 1. The molecule has 3 rings (SSSR count). The first-order valence-electron chi connectivity index (χ1n) is 8.25. The third-order valence-electron chi connectivity index (χ3n) is 4.03. The number of hydrogen-bond donors (Lipinski definition) is 2. The van der Waals surface area contributed by atoms with Gasteiger partial charge in [0, 0.05) is 39.2 Å². The summed E-state index contributed by atoms with van der Waals surface area (Å²) < 4.78 is 1.89. The zero-order chi connectivity index (χ0) is 17.6. The Morgan fingerprint density at radius 1 is 1.20 bits per heavy atom. The van der Waals surface area contributed by atoms with Crippen molar-refractivity contribution in [2.24, 2.45) is 4.99 Å². The highest BCUT2D eigenvalue weighted by atomic mass is 16.2. The summed E-state index contributed by atoms with van der Waals surface area (Å²) in [6.45, 7) is 1.23. The number of likely N-dealkylation sites (tertiary alicyclic amines) is 1. The van der Waals surface area contributed by atoms with E-state index in [1.807, 2.05) is 28.8 Å². The molecule has 1 fully saturated rings. The lowest BCUT2D eigenvalue weighted by atomic mass is 10.1. The van der Waals surface area contributed by atoms with Gasteiger partial charge in [-0.05, 0) is 18.6 Å². The third-order valence-corrected chi connectivity index (χ3v) is 4.03. The highest BCUT2D eigenvalue weighted by Gasteiger charge is 2.25. The molecule has 1 aliphatic heterocycles. The van der Waals surface area contributed by atoms with Crippen LogP contribution in [0, 0.1) is 0 Å². The number of rotatable bonds is 5. The van der Waals surface area contributed by atoms with Crippen molar-refractivity contribution in [1.82, 2.24) is 30.1 Å². The van der Waals surface area contributed by atoms with Crippen molar-refractivity contribution in [2.75, 3.05) is 20.1 Å². The Morgan fingerprint density at radius 3 is 2.76 bits per heavy atom. The molecular formula is C16H21N7O2. The van der Waals surface area contributed by atoms with Crippen LogP contribution >= 0.6 is 0 Å². The summed E-state index contributed by atoms with van der Waals surface area (Å²) in [5, 5.41) is 14.5. The second kappa shape index (κ2) is 7.73. The molecule has 0 spiro atoms. The monoisotopic (exact) mass is 343 g/mol. The van der Waals surface area contributed by atoms with E-state index >= 15 is 0 Å². The first kappa shape index (κ1) is 16.9. The predicted molar refractivity (Wildman–Crippen MR) is 91.8 cm³/mol. The van der Waals surface area contributed by atoms with Crippen molar-refractivity contribution in [1.29, 1.82) is 0 Å². The van der Waals surface area contributed by atoms with Crippen molar-refractivity contribution in [3.63, 3.8) is 0 Å². The Hall–Kier alpha value is -2.97. The Kier molecular flexibility index (Phi) is 5.22. The summed E-state index contributed by atoms with van der Waals surface area (Å²) in [5.74, 6) is 1.14. The van der Waals surface area contributed by atoms with Gasteiger partial charge < -0.3 is 10.6 Å². The van der Waals surface area contributed by atoms with Crippen LogP contribution in [0.4, 0.5) is 0 Å². The van der Waals surface area contributed by atoms with Crippen LogP contribution in [0.15, 0.2) is 29.4 Å². The number of guanidine groups is 1. The smallest absolute Gasteiger partial charge is 0.229 e. The molecule has 3 heterocycles. The maximum atomic E-state index is 11.8. The molecule has 0 aromatic carbocycles. The minimum atomic E-state index is -0.101. The fraction of sp³-hybridized carbons (Fsp3) is 0.438. The summed E-state index contributed by atoms with van der Waals surface area (Å²) in [5.41, 5.74) is 0.782. The number of piperidine rings is 1. The van der Waals surface area contributed by atoms with Gasteiger partial charge >= 0.3 is 0 Å². The van der Waals surface area contributed by atoms with E-state index in [2.05, 4.69) is 25.8 Å². The van der Waals surface area contributed by atoms with Crippen LogP contribution in [0.3, 0.4) is 0 Å². The third kappa shape index (κ3) is 3.93. The number of nitrogens with zero attached hydrogens (tertiary/aromatic N) is 5. The van der Waals surface area contributed by atoms with E-state index in [0.717, 1.165) is 11.5 Å². The van der Waals surface area contributed by atoms with Gasteiger partial charge in [-0.1, -0.05) is 6.07 Å². The van der Waals surface area contributed by atoms with Gasteiger partial charge in [-0.2, -0.15) is 0 Å². The van der Waals surface area contributed by atoms with E-state index in [4.69, 9.17) is 0 Å². The van der Waals surface area contributed by atoms with Gasteiger partial charge in [-0.15, -0.1) is 10.2 Å². The van der Waals surface area contributed by atoms with Crippen molar-refractivity contribution in [3.8, 4) is 0 Å². The average molecular weight is 343 g/mol. The topological polar surface area (TPSA) is 104 Å². The largest absolute Gasteiger partial charge is 0.355 e. The molecule has 2 N–H and O–H groups in total. The minimum absolute atomic E-state index is 0.101. The molecule has 132 valence electrons. The number of hydrogen-bond acceptors (Lipinski definition) is 5. The van der Waals surface area contributed by atoms with Gasteiger partial charge in [0.2, 0.25) is 11.8 Å². The first-order chi connectivity index (χ1) is 12.2. The number of aromatic nitrogens is 3. The van der Waals surface area contributed by atoms with Gasteiger partial charge in [-0.25, -0.2) is 0 Å². The van der Waals surface area contributed by atoms with Gasteiger partial charge in [0.15, 0.2) is 17.4 Å². The van der Waals surface area contributed by atoms with Gasteiger partial charge in [-0.3, -0.25) is 23.9 Å². The van der Waals surface area contributed by atoms with Crippen LogP contribution in [-0.2, 0) is 16.1 Å². The van der Waals surface area contributed by atoms with Crippen LogP contribution in [0.5, 0.6) is 0 Å². The normalized spacial score (nSPS) is 15.7. The van der Waals surface area contributed by atoms with E-state index in [9.17, 15) is 9.59 Å². The number of nitrogens with one attached hydrogen (secondary N) is 2. The number of carbonyl (C=O) groups is 2. The van der Waals surface area contributed by atoms with Crippen molar-refractivity contribution in [3.05, 3.63) is 30.2 Å². The predicted octanol–water partition coefficient (Wildman–Crippen LogP) is -0.0666. The number of pyridine rings is 1. The Morgan fingerprint density at radius 2 is 2.00 bits per heavy atom. The fourth-order valence-electron chi connectivity index (χ4n) is 2.73. The molecule has 0 unspecified atom stereocenters. The molecule has 2 amide bonds.